The zero-order valence-corrected chi connectivity index (χ0v) is 18.3. The monoisotopic (exact) mass is 482 g/mol. The quantitative estimate of drug-likeness (QED) is 0.420. The largest absolute Gasteiger partial charge is 0.471 e. The van der Waals surface area contributed by atoms with E-state index < -0.39 is 37.0 Å². The van der Waals surface area contributed by atoms with Crippen LogP contribution in [0.1, 0.15) is 40.0 Å². The predicted molar refractivity (Wildman–Crippen MR) is 113 cm³/mol. The van der Waals surface area contributed by atoms with Gasteiger partial charge in [0.2, 0.25) is 5.88 Å². The Labute approximate surface area is 192 Å². The van der Waals surface area contributed by atoms with Gasteiger partial charge in [-0.15, -0.1) is 0 Å². The highest BCUT2D eigenvalue weighted by Crippen LogP contribution is 2.35. The highest BCUT2D eigenvalue weighted by molar-refractivity contribution is 6.02. The molecule has 0 radical (unpaired) electrons. The van der Waals surface area contributed by atoms with Crippen LogP contribution in [0.5, 0.6) is 5.88 Å². The van der Waals surface area contributed by atoms with Crippen LogP contribution in [-0.4, -0.2) is 56.8 Å². The minimum atomic E-state index is -4.31. The van der Waals surface area contributed by atoms with Gasteiger partial charge in [-0.05, 0) is 31.5 Å². The van der Waals surface area contributed by atoms with Gasteiger partial charge < -0.3 is 20.1 Å². The number of nitrogens with one attached hydrogen (secondary N) is 1. The first-order chi connectivity index (χ1) is 16.0. The van der Waals surface area contributed by atoms with Gasteiger partial charge in [0, 0.05) is 29.1 Å². The van der Waals surface area contributed by atoms with E-state index in [1.807, 2.05) is 0 Å². The average molecular weight is 482 g/mol. The number of pyridine rings is 2. The lowest BCUT2D eigenvalue weighted by molar-refractivity contribution is -0.148. The number of ether oxygens (including phenoxy) is 1. The van der Waals surface area contributed by atoms with Crippen molar-refractivity contribution in [1.29, 1.82) is 0 Å². The second-order valence-electron chi connectivity index (χ2n) is 7.71. The van der Waals surface area contributed by atoms with Crippen molar-refractivity contribution in [1.82, 2.24) is 14.9 Å². The SMILES string of the molecule is C=C[C@@H](O)C(=O)Nc1nccc2c1CN(C(C)c1cnc(OCC(F)(F)C(F)F)c(C)c1)C2=O. The molecule has 2 atom stereocenters. The molecule has 0 fully saturated rings. The van der Waals surface area contributed by atoms with E-state index in [4.69, 9.17) is 4.74 Å². The molecule has 0 bridgehead atoms. The summed E-state index contributed by atoms with van der Waals surface area (Å²) in [6.45, 7) is 5.16. The number of carbonyl (C=O) groups excluding carboxylic acids is 2. The van der Waals surface area contributed by atoms with Gasteiger partial charge in [0.15, 0.2) is 12.7 Å². The summed E-state index contributed by atoms with van der Waals surface area (Å²) in [6.07, 6.45) is -1.59. The molecule has 1 aliphatic heterocycles. The standard InChI is InChI=1S/C22H22F4N4O4/c1-4-16(31)18(32)29-17-15-9-30(20(33)14(15)5-6-27-17)12(3)13-7-11(2)19(28-8-13)34-10-22(25,26)21(23)24/h4-8,12,16,21,31H,1,9-10H2,2-3H3,(H,27,29,32)/t12?,16-/m1/s1. The fraction of sp³-hybridized carbons (Fsp3) is 0.364. The summed E-state index contributed by atoms with van der Waals surface area (Å²) in [5.41, 5.74) is 1.66. The molecule has 2 aromatic rings. The van der Waals surface area contributed by atoms with E-state index in [-0.39, 0.29) is 24.1 Å². The van der Waals surface area contributed by atoms with Crippen LogP contribution in [0, 0.1) is 6.92 Å². The summed E-state index contributed by atoms with van der Waals surface area (Å²) in [4.78, 5) is 34.5. The first-order valence-electron chi connectivity index (χ1n) is 10.1. The van der Waals surface area contributed by atoms with Crippen LogP contribution in [0.4, 0.5) is 23.4 Å². The number of aliphatic hydroxyl groups is 1. The molecule has 0 saturated carbocycles. The molecule has 0 spiro atoms. The van der Waals surface area contributed by atoms with Crippen LogP contribution in [0.3, 0.4) is 0 Å². The third kappa shape index (κ3) is 5.01. The van der Waals surface area contributed by atoms with Crippen LogP contribution in [-0.2, 0) is 11.3 Å². The topological polar surface area (TPSA) is 105 Å². The number of aromatic nitrogens is 2. The number of hydrogen-bond acceptors (Lipinski definition) is 6. The summed E-state index contributed by atoms with van der Waals surface area (Å²) < 4.78 is 55.7. The maximum absolute atomic E-state index is 13.1. The number of amides is 2. The Morgan fingerprint density at radius 2 is 2.12 bits per heavy atom. The lowest BCUT2D eigenvalue weighted by Gasteiger charge is -2.25. The third-order valence-corrected chi connectivity index (χ3v) is 5.33. The Morgan fingerprint density at radius 3 is 2.74 bits per heavy atom. The van der Waals surface area contributed by atoms with Gasteiger partial charge in [-0.1, -0.05) is 12.7 Å². The van der Waals surface area contributed by atoms with Crippen molar-refractivity contribution in [2.45, 2.75) is 44.9 Å². The number of nitrogens with zero attached hydrogens (tertiary/aromatic N) is 3. The highest BCUT2D eigenvalue weighted by atomic mass is 19.3. The van der Waals surface area contributed by atoms with E-state index in [0.29, 0.717) is 22.3 Å². The summed E-state index contributed by atoms with van der Waals surface area (Å²) in [7, 11) is 0. The molecule has 2 N–H and O–H groups in total. The molecule has 1 aliphatic rings. The van der Waals surface area contributed by atoms with Gasteiger partial charge in [0.05, 0.1) is 12.6 Å². The minimum absolute atomic E-state index is 0.0981. The lowest BCUT2D eigenvalue weighted by atomic mass is 10.1. The number of anilines is 1. The summed E-state index contributed by atoms with van der Waals surface area (Å²) >= 11 is 0. The number of aliphatic hydroxyl groups excluding tert-OH is 1. The van der Waals surface area contributed by atoms with E-state index in [2.05, 4.69) is 21.9 Å². The van der Waals surface area contributed by atoms with Gasteiger partial charge in [-0.2, -0.15) is 8.78 Å². The van der Waals surface area contributed by atoms with Crippen molar-refractivity contribution in [2.75, 3.05) is 11.9 Å². The molecule has 12 heteroatoms. The first-order valence-corrected chi connectivity index (χ1v) is 10.1. The van der Waals surface area contributed by atoms with Gasteiger partial charge in [0.1, 0.15) is 5.82 Å². The number of aryl methyl sites for hydroxylation is 1. The summed E-state index contributed by atoms with van der Waals surface area (Å²) in [5.74, 6) is -5.48. The number of hydrogen-bond donors (Lipinski definition) is 2. The number of rotatable bonds is 9. The Kier molecular flexibility index (Phi) is 7.20. The molecule has 34 heavy (non-hydrogen) atoms. The second-order valence-corrected chi connectivity index (χ2v) is 7.71. The molecule has 0 saturated heterocycles. The fourth-order valence-corrected chi connectivity index (χ4v) is 3.34. The maximum Gasteiger partial charge on any atom is 0.340 e. The maximum atomic E-state index is 13.1. The minimum Gasteiger partial charge on any atom is -0.471 e. The Morgan fingerprint density at radius 1 is 1.41 bits per heavy atom. The average Bonchev–Trinajstić information content (AvgIpc) is 3.14. The Hall–Kier alpha value is -3.54. The number of halogens is 4. The molecule has 1 unspecified atom stereocenters. The Bertz CT molecular complexity index is 1110. The summed E-state index contributed by atoms with van der Waals surface area (Å²) in [5, 5.41) is 12.1. The van der Waals surface area contributed by atoms with Crippen molar-refractivity contribution in [3.05, 3.63) is 59.4 Å². The zero-order valence-electron chi connectivity index (χ0n) is 18.3. The smallest absolute Gasteiger partial charge is 0.340 e. The van der Waals surface area contributed by atoms with Crippen molar-refractivity contribution in [3.8, 4) is 5.88 Å². The molecular formula is C22H22F4N4O4. The number of alkyl halides is 4. The molecule has 182 valence electrons. The number of carbonyl (C=O) groups is 2. The first kappa shape index (κ1) is 25.1. The van der Waals surface area contributed by atoms with Gasteiger partial charge in [-0.25, -0.2) is 18.7 Å². The van der Waals surface area contributed by atoms with Crippen LogP contribution < -0.4 is 10.1 Å². The van der Waals surface area contributed by atoms with Crippen molar-refractivity contribution in [3.63, 3.8) is 0 Å². The molecule has 2 aromatic heterocycles. The molecule has 8 nitrogen and oxygen atoms in total. The van der Waals surface area contributed by atoms with Crippen LogP contribution in [0.25, 0.3) is 0 Å². The molecule has 2 amide bonds. The van der Waals surface area contributed by atoms with Gasteiger partial charge in [0.25, 0.3) is 11.8 Å². The van der Waals surface area contributed by atoms with E-state index in [1.54, 1.807) is 13.0 Å². The molecule has 0 aromatic carbocycles. The van der Waals surface area contributed by atoms with E-state index in [1.165, 1.54) is 30.3 Å². The van der Waals surface area contributed by atoms with Crippen molar-refractivity contribution in [2.24, 2.45) is 0 Å². The molecule has 0 aliphatic carbocycles. The fourth-order valence-electron chi connectivity index (χ4n) is 3.34. The van der Waals surface area contributed by atoms with Crippen LogP contribution in [0.15, 0.2) is 37.2 Å². The normalized spacial score (nSPS) is 15.2. The lowest BCUT2D eigenvalue weighted by Crippen LogP contribution is -2.34. The molecular weight excluding hydrogens is 460 g/mol. The van der Waals surface area contributed by atoms with Crippen LogP contribution >= 0.6 is 0 Å². The van der Waals surface area contributed by atoms with Crippen molar-refractivity contribution < 1.29 is 37.0 Å². The molecule has 3 rings (SSSR count). The van der Waals surface area contributed by atoms with Crippen molar-refractivity contribution >= 4 is 17.6 Å². The van der Waals surface area contributed by atoms with E-state index >= 15 is 0 Å². The molecule has 3 heterocycles. The second kappa shape index (κ2) is 9.75. The summed E-state index contributed by atoms with van der Waals surface area (Å²) in [6, 6.07) is 2.55. The predicted octanol–water partition coefficient (Wildman–Crippen LogP) is 3.27. The van der Waals surface area contributed by atoms with Crippen LogP contribution in [0.2, 0.25) is 0 Å². The van der Waals surface area contributed by atoms with Gasteiger partial charge in [-0.3, -0.25) is 9.59 Å². The Balaban J connectivity index is 1.77. The third-order valence-electron chi connectivity index (χ3n) is 5.33. The van der Waals surface area contributed by atoms with E-state index in [9.17, 15) is 32.3 Å². The highest BCUT2D eigenvalue weighted by Gasteiger charge is 2.42. The number of fused-ring (bicyclic) bond motifs is 1. The zero-order chi connectivity index (χ0) is 25.2. The van der Waals surface area contributed by atoms with E-state index in [0.717, 1.165) is 6.08 Å². The van der Waals surface area contributed by atoms with Gasteiger partial charge >= 0.3 is 12.3 Å².